The highest BCUT2D eigenvalue weighted by Gasteiger charge is 2.12. The average Bonchev–Trinajstić information content (AvgIpc) is 2.90. The van der Waals surface area contributed by atoms with Crippen LogP contribution in [0.1, 0.15) is 15.2 Å². The van der Waals surface area contributed by atoms with Gasteiger partial charge in [0.05, 0.1) is 3.79 Å². The van der Waals surface area contributed by atoms with Crippen molar-refractivity contribution in [2.45, 2.75) is 6.54 Å². The maximum absolute atomic E-state index is 11.7. The van der Waals surface area contributed by atoms with E-state index in [4.69, 9.17) is 16.3 Å². The second kappa shape index (κ2) is 7.59. The molecule has 1 heterocycles. The van der Waals surface area contributed by atoms with Crippen LogP contribution in [0.15, 0.2) is 40.2 Å². The summed E-state index contributed by atoms with van der Waals surface area (Å²) in [5.41, 5.74) is 0.807. The van der Waals surface area contributed by atoms with E-state index in [9.17, 15) is 9.59 Å². The molecule has 0 aliphatic carbocycles. The normalized spacial score (nSPS) is 10.2. The van der Waals surface area contributed by atoms with E-state index >= 15 is 0 Å². The van der Waals surface area contributed by atoms with Crippen LogP contribution in [0.3, 0.4) is 0 Å². The molecule has 0 fully saturated rings. The highest BCUT2D eigenvalue weighted by Crippen LogP contribution is 2.22. The molecule has 0 saturated carbocycles. The number of benzene rings is 1. The zero-order valence-corrected chi connectivity index (χ0v) is 13.9. The number of nitrogens with one attached hydrogen (secondary N) is 1. The number of halogens is 2. The van der Waals surface area contributed by atoms with Crippen LogP contribution in [0.2, 0.25) is 5.02 Å². The lowest BCUT2D eigenvalue weighted by atomic mass is 10.2. The van der Waals surface area contributed by atoms with Crippen molar-refractivity contribution in [1.82, 2.24) is 5.32 Å². The first kappa shape index (κ1) is 16.0. The molecule has 0 saturated heterocycles. The minimum atomic E-state index is -0.515. The number of hydrogen-bond acceptors (Lipinski definition) is 4. The molecule has 0 radical (unpaired) electrons. The summed E-state index contributed by atoms with van der Waals surface area (Å²) in [7, 11) is 0. The Labute approximate surface area is 139 Å². The van der Waals surface area contributed by atoms with E-state index in [1.165, 1.54) is 11.3 Å². The Balaban J connectivity index is 1.78. The molecule has 2 aromatic rings. The van der Waals surface area contributed by atoms with E-state index in [-0.39, 0.29) is 12.5 Å². The summed E-state index contributed by atoms with van der Waals surface area (Å²) in [5.74, 6) is -0.891. The van der Waals surface area contributed by atoms with Gasteiger partial charge in [-0.2, -0.15) is 0 Å². The summed E-state index contributed by atoms with van der Waals surface area (Å²) in [4.78, 5) is 23.7. The SMILES string of the molecule is O=C(COC(=O)c1ccc(Br)s1)NCc1ccccc1Cl. The van der Waals surface area contributed by atoms with E-state index in [2.05, 4.69) is 21.2 Å². The summed E-state index contributed by atoms with van der Waals surface area (Å²) in [6.07, 6.45) is 0. The zero-order valence-electron chi connectivity index (χ0n) is 10.8. The molecule has 0 aliphatic rings. The molecule has 4 nitrogen and oxygen atoms in total. The van der Waals surface area contributed by atoms with Gasteiger partial charge in [0.2, 0.25) is 0 Å². The van der Waals surface area contributed by atoms with Crippen molar-refractivity contribution in [2.24, 2.45) is 0 Å². The van der Waals surface area contributed by atoms with E-state index in [0.717, 1.165) is 9.35 Å². The molecule has 1 amide bonds. The van der Waals surface area contributed by atoms with Crippen molar-refractivity contribution in [3.05, 3.63) is 55.6 Å². The number of rotatable bonds is 5. The number of thiophene rings is 1. The number of carbonyl (C=O) groups is 2. The summed E-state index contributed by atoms with van der Waals surface area (Å²) < 4.78 is 5.76. The summed E-state index contributed by atoms with van der Waals surface area (Å²) in [5, 5.41) is 3.23. The van der Waals surface area contributed by atoms with E-state index < -0.39 is 5.97 Å². The molecule has 0 atom stereocenters. The Morgan fingerprint density at radius 2 is 2.00 bits per heavy atom. The standard InChI is InChI=1S/C14H11BrClNO3S/c15-12-6-5-11(21-12)14(19)20-8-13(18)17-7-9-3-1-2-4-10(9)16/h1-6H,7-8H2,(H,17,18). The molecule has 1 aromatic carbocycles. The lowest BCUT2D eigenvalue weighted by molar-refractivity contribution is -0.124. The maximum atomic E-state index is 11.7. The Bertz CT molecular complexity index is 659. The molecule has 2 rings (SSSR count). The minimum Gasteiger partial charge on any atom is -0.451 e. The van der Waals surface area contributed by atoms with Gasteiger partial charge in [0.25, 0.3) is 5.91 Å². The van der Waals surface area contributed by atoms with Gasteiger partial charge in [0.15, 0.2) is 6.61 Å². The molecule has 0 spiro atoms. The van der Waals surface area contributed by atoms with E-state index in [1.54, 1.807) is 18.2 Å². The van der Waals surface area contributed by atoms with Gasteiger partial charge in [-0.05, 0) is 39.7 Å². The molecule has 1 N–H and O–H groups in total. The Morgan fingerprint density at radius 3 is 2.67 bits per heavy atom. The second-order valence-electron chi connectivity index (χ2n) is 4.05. The predicted molar refractivity (Wildman–Crippen MR) is 85.6 cm³/mol. The van der Waals surface area contributed by atoms with Crippen LogP contribution in [0.5, 0.6) is 0 Å². The zero-order chi connectivity index (χ0) is 15.2. The number of amides is 1. The molecule has 0 unspecified atom stereocenters. The largest absolute Gasteiger partial charge is 0.451 e. The van der Waals surface area contributed by atoms with Gasteiger partial charge < -0.3 is 10.1 Å². The predicted octanol–water partition coefficient (Wildman–Crippen LogP) is 3.64. The molecular formula is C14H11BrClNO3S. The first-order valence-electron chi connectivity index (χ1n) is 5.99. The van der Waals surface area contributed by atoms with Crippen LogP contribution >= 0.6 is 38.9 Å². The smallest absolute Gasteiger partial charge is 0.348 e. The number of hydrogen-bond donors (Lipinski definition) is 1. The lowest BCUT2D eigenvalue weighted by Gasteiger charge is -2.07. The fourth-order valence-corrected chi connectivity index (χ4v) is 3.00. The highest BCUT2D eigenvalue weighted by molar-refractivity contribution is 9.11. The summed E-state index contributed by atoms with van der Waals surface area (Å²) in [6.45, 7) is -0.0284. The molecule has 1 aromatic heterocycles. The summed E-state index contributed by atoms with van der Waals surface area (Å²) >= 11 is 10.5. The van der Waals surface area contributed by atoms with Crippen LogP contribution in [0.4, 0.5) is 0 Å². The molecule has 0 aliphatic heterocycles. The van der Waals surface area contributed by atoms with Crippen molar-refractivity contribution in [2.75, 3.05) is 6.61 Å². The number of carbonyl (C=O) groups excluding carboxylic acids is 2. The summed E-state index contributed by atoms with van der Waals surface area (Å²) in [6, 6.07) is 10.6. The molecule has 7 heteroatoms. The van der Waals surface area contributed by atoms with Crippen LogP contribution < -0.4 is 5.32 Å². The highest BCUT2D eigenvalue weighted by atomic mass is 79.9. The van der Waals surface area contributed by atoms with Crippen molar-refractivity contribution >= 4 is 50.7 Å². The van der Waals surface area contributed by atoms with Crippen LogP contribution in [-0.2, 0) is 16.1 Å². The Kier molecular flexibility index (Phi) is 5.78. The lowest BCUT2D eigenvalue weighted by Crippen LogP contribution is -2.28. The van der Waals surface area contributed by atoms with Gasteiger partial charge in [-0.15, -0.1) is 11.3 Å². The quantitative estimate of drug-likeness (QED) is 0.796. The third-order valence-corrected chi connectivity index (χ3v) is 4.52. The number of esters is 1. The van der Waals surface area contributed by atoms with Crippen molar-refractivity contribution in [3.8, 4) is 0 Å². The Hall–Kier alpha value is -1.37. The van der Waals surface area contributed by atoms with Crippen LogP contribution in [-0.4, -0.2) is 18.5 Å². The van der Waals surface area contributed by atoms with Gasteiger partial charge in [0.1, 0.15) is 4.88 Å². The topological polar surface area (TPSA) is 55.4 Å². The molecule has 0 bridgehead atoms. The maximum Gasteiger partial charge on any atom is 0.348 e. The monoisotopic (exact) mass is 387 g/mol. The number of ether oxygens (including phenoxy) is 1. The van der Waals surface area contributed by atoms with Gasteiger partial charge >= 0.3 is 5.97 Å². The van der Waals surface area contributed by atoms with E-state index in [0.29, 0.717) is 16.4 Å². The second-order valence-corrected chi connectivity index (χ2v) is 6.92. The van der Waals surface area contributed by atoms with Gasteiger partial charge in [-0.3, -0.25) is 4.79 Å². The minimum absolute atomic E-state index is 0.292. The first-order chi connectivity index (χ1) is 10.1. The first-order valence-corrected chi connectivity index (χ1v) is 7.97. The van der Waals surface area contributed by atoms with Gasteiger partial charge in [-0.1, -0.05) is 29.8 Å². The average molecular weight is 389 g/mol. The van der Waals surface area contributed by atoms with Gasteiger partial charge in [0, 0.05) is 11.6 Å². The Morgan fingerprint density at radius 1 is 1.24 bits per heavy atom. The van der Waals surface area contributed by atoms with Crippen LogP contribution in [0, 0.1) is 0 Å². The molecule has 110 valence electrons. The third kappa shape index (κ3) is 4.84. The van der Waals surface area contributed by atoms with Crippen molar-refractivity contribution in [3.63, 3.8) is 0 Å². The van der Waals surface area contributed by atoms with E-state index in [1.807, 2.05) is 18.2 Å². The molecule has 21 heavy (non-hydrogen) atoms. The fourth-order valence-electron chi connectivity index (χ4n) is 1.51. The fraction of sp³-hybridized carbons (Fsp3) is 0.143. The van der Waals surface area contributed by atoms with Crippen molar-refractivity contribution < 1.29 is 14.3 Å². The molecular weight excluding hydrogens is 378 g/mol. The van der Waals surface area contributed by atoms with Gasteiger partial charge in [-0.25, -0.2) is 4.79 Å². The third-order valence-electron chi connectivity index (χ3n) is 2.54. The van der Waals surface area contributed by atoms with Crippen molar-refractivity contribution in [1.29, 1.82) is 0 Å². The van der Waals surface area contributed by atoms with Crippen LogP contribution in [0.25, 0.3) is 0 Å².